The number of rotatable bonds is 4. The minimum atomic E-state index is -0.180. The number of aryl methyl sites for hydroxylation is 2. The van der Waals surface area contributed by atoms with Gasteiger partial charge in [-0.2, -0.15) is 5.10 Å². The third-order valence-electron chi connectivity index (χ3n) is 4.35. The minimum Gasteiger partial charge on any atom is -0.320 e. The highest BCUT2D eigenvalue weighted by Gasteiger charge is 2.18. The largest absolute Gasteiger partial charge is 0.320 e. The maximum atomic E-state index is 13.1. The first-order valence-electron chi connectivity index (χ1n) is 8.70. The van der Waals surface area contributed by atoms with Crippen LogP contribution in [0, 0.1) is 13.8 Å². The number of para-hydroxylation sites is 1. The first-order valence-corrected chi connectivity index (χ1v) is 9.58. The van der Waals surface area contributed by atoms with Crippen molar-refractivity contribution in [3.8, 4) is 16.3 Å². The zero-order chi connectivity index (χ0) is 18.8. The zero-order valence-corrected chi connectivity index (χ0v) is 16.0. The Balaban J connectivity index is 1.75. The molecule has 0 saturated heterocycles. The molecule has 2 aromatic heterocycles. The Bertz CT molecular complexity index is 1080. The molecule has 0 aliphatic heterocycles. The number of benzene rings is 2. The van der Waals surface area contributed by atoms with Crippen LogP contribution in [0.25, 0.3) is 16.3 Å². The highest BCUT2D eigenvalue weighted by atomic mass is 32.1. The average molecular weight is 373 g/mol. The van der Waals surface area contributed by atoms with Crippen molar-refractivity contribution in [1.29, 1.82) is 0 Å². The van der Waals surface area contributed by atoms with E-state index in [0.717, 1.165) is 27.5 Å². The molecule has 5 heteroatoms. The molecule has 0 spiro atoms. The van der Waals surface area contributed by atoms with E-state index < -0.39 is 0 Å². The Kier molecular flexibility index (Phi) is 4.60. The Morgan fingerprint density at radius 2 is 1.81 bits per heavy atom. The van der Waals surface area contributed by atoms with Gasteiger partial charge in [0.25, 0.3) is 5.91 Å². The van der Waals surface area contributed by atoms with Gasteiger partial charge < -0.3 is 5.32 Å². The van der Waals surface area contributed by atoms with Crippen LogP contribution in [-0.2, 0) is 0 Å². The van der Waals surface area contributed by atoms with Gasteiger partial charge in [0.15, 0.2) is 0 Å². The van der Waals surface area contributed by atoms with Crippen LogP contribution in [0.1, 0.15) is 21.6 Å². The summed E-state index contributed by atoms with van der Waals surface area (Å²) in [4.78, 5) is 14.1. The van der Waals surface area contributed by atoms with Crippen molar-refractivity contribution in [3.63, 3.8) is 0 Å². The molecule has 0 radical (unpaired) electrons. The first-order chi connectivity index (χ1) is 13.1. The molecule has 0 bridgehead atoms. The van der Waals surface area contributed by atoms with Crippen molar-refractivity contribution in [1.82, 2.24) is 9.78 Å². The average Bonchev–Trinajstić information content (AvgIpc) is 3.34. The number of hydrogen-bond donors (Lipinski definition) is 1. The highest BCUT2D eigenvalue weighted by Crippen LogP contribution is 2.26. The predicted molar refractivity (Wildman–Crippen MR) is 111 cm³/mol. The van der Waals surface area contributed by atoms with Crippen LogP contribution < -0.4 is 5.32 Å². The lowest BCUT2D eigenvalue weighted by Gasteiger charge is -2.10. The maximum Gasteiger partial charge on any atom is 0.274 e. The fraction of sp³-hybridized carbons (Fsp3) is 0.0909. The van der Waals surface area contributed by atoms with Crippen molar-refractivity contribution in [3.05, 3.63) is 88.9 Å². The smallest absolute Gasteiger partial charge is 0.274 e. The fourth-order valence-electron chi connectivity index (χ4n) is 2.99. The lowest BCUT2D eigenvalue weighted by atomic mass is 10.1. The SMILES string of the molecule is Cc1ccc(NC(=O)c2cc(-c3cccs3)nn2-c2ccccc2)c(C)c1. The molecule has 27 heavy (non-hydrogen) atoms. The molecule has 134 valence electrons. The van der Waals surface area contributed by atoms with Gasteiger partial charge in [-0.3, -0.25) is 4.79 Å². The molecule has 0 unspecified atom stereocenters. The first kappa shape index (κ1) is 17.2. The van der Waals surface area contributed by atoms with Crippen molar-refractivity contribution in [2.75, 3.05) is 5.32 Å². The zero-order valence-electron chi connectivity index (χ0n) is 15.1. The van der Waals surface area contributed by atoms with Gasteiger partial charge in [0, 0.05) is 5.69 Å². The molecular formula is C22H19N3OS. The van der Waals surface area contributed by atoms with Crippen LogP contribution in [0.15, 0.2) is 72.1 Å². The van der Waals surface area contributed by atoms with Crippen molar-refractivity contribution in [2.24, 2.45) is 0 Å². The van der Waals surface area contributed by atoms with Crippen LogP contribution in [0.5, 0.6) is 0 Å². The van der Waals surface area contributed by atoms with Crippen LogP contribution in [-0.4, -0.2) is 15.7 Å². The van der Waals surface area contributed by atoms with Gasteiger partial charge in [-0.05, 0) is 55.1 Å². The van der Waals surface area contributed by atoms with E-state index in [-0.39, 0.29) is 5.91 Å². The second kappa shape index (κ2) is 7.21. The molecule has 0 fully saturated rings. The summed E-state index contributed by atoms with van der Waals surface area (Å²) in [6, 6.07) is 21.5. The molecule has 4 aromatic rings. The lowest BCUT2D eigenvalue weighted by molar-refractivity contribution is 0.101. The van der Waals surface area contributed by atoms with E-state index >= 15 is 0 Å². The summed E-state index contributed by atoms with van der Waals surface area (Å²) in [5, 5.41) is 9.72. The number of thiophene rings is 1. The molecule has 2 aromatic carbocycles. The van der Waals surface area contributed by atoms with Gasteiger partial charge in [0.05, 0.1) is 10.6 Å². The molecule has 4 rings (SSSR count). The van der Waals surface area contributed by atoms with E-state index in [2.05, 4.69) is 16.5 Å². The highest BCUT2D eigenvalue weighted by molar-refractivity contribution is 7.13. The molecule has 0 saturated carbocycles. The lowest BCUT2D eigenvalue weighted by Crippen LogP contribution is -2.17. The summed E-state index contributed by atoms with van der Waals surface area (Å²) < 4.78 is 1.70. The van der Waals surface area contributed by atoms with E-state index in [1.165, 1.54) is 5.56 Å². The normalized spacial score (nSPS) is 10.7. The molecule has 2 heterocycles. The minimum absolute atomic E-state index is 0.180. The summed E-state index contributed by atoms with van der Waals surface area (Å²) in [7, 11) is 0. The van der Waals surface area contributed by atoms with E-state index in [1.54, 1.807) is 16.0 Å². The van der Waals surface area contributed by atoms with Crippen LogP contribution in [0.4, 0.5) is 5.69 Å². The van der Waals surface area contributed by atoms with Gasteiger partial charge in [-0.25, -0.2) is 4.68 Å². The Labute approximate surface area is 162 Å². The molecule has 0 aliphatic carbocycles. The topological polar surface area (TPSA) is 46.9 Å². The molecule has 0 atom stereocenters. The van der Waals surface area contributed by atoms with Crippen LogP contribution in [0.3, 0.4) is 0 Å². The number of anilines is 1. The predicted octanol–water partition coefficient (Wildman–Crippen LogP) is 5.47. The summed E-state index contributed by atoms with van der Waals surface area (Å²) in [6.07, 6.45) is 0. The Morgan fingerprint density at radius 1 is 1.00 bits per heavy atom. The van der Waals surface area contributed by atoms with E-state index in [9.17, 15) is 4.79 Å². The monoisotopic (exact) mass is 373 g/mol. The van der Waals surface area contributed by atoms with Crippen LogP contribution >= 0.6 is 11.3 Å². The molecule has 1 amide bonds. The maximum absolute atomic E-state index is 13.1. The summed E-state index contributed by atoms with van der Waals surface area (Å²) in [5.74, 6) is -0.180. The van der Waals surface area contributed by atoms with Crippen molar-refractivity contribution in [2.45, 2.75) is 13.8 Å². The standard InChI is InChI=1S/C22H19N3OS/c1-15-10-11-18(16(2)13-15)23-22(26)20-14-19(21-9-6-12-27-21)24-25(20)17-7-4-3-5-8-17/h3-14H,1-2H3,(H,23,26). The Hall–Kier alpha value is -3.18. The van der Waals surface area contributed by atoms with Crippen molar-refractivity contribution >= 4 is 22.9 Å². The second-order valence-corrected chi connectivity index (χ2v) is 7.36. The molecule has 4 nitrogen and oxygen atoms in total. The molecular weight excluding hydrogens is 354 g/mol. The fourth-order valence-corrected chi connectivity index (χ4v) is 3.68. The summed E-state index contributed by atoms with van der Waals surface area (Å²) in [5.41, 5.74) is 5.16. The number of hydrogen-bond acceptors (Lipinski definition) is 3. The second-order valence-electron chi connectivity index (χ2n) is 6.41. The number of nitrogens with zero attached hydrogens (tertiary/aromatic N) is 2. The molecule has 0 aliphatic rings. The van der Waals surface area contributed by atoms with Gasteiger partial charge in [0.2, 0.25) is 0 Å². The van der Waals surface area contributed by atoms with Gasteiger partial charge in [-0.1, -0.05) is 42.0 Å². The van der Waals surface area contributed by atoms with Crippen molar-refractivity contribution < 1.29 is 4.79 Å². The number of carbonyl (C=O) groups is 1. The van der Waals surface area contributed by atoms with Gasteiger partial charge in [0.1, 0.15) is 11.4 Å². The summed E-state index contributed by atoms with van der Waals surface area (Å²) in [6.45, 7) is 4.03. The van der Waals surface area contributed by atoms with E-state index in [0.29, 0.717) is 5.69 Å². The third kappa shape index (κ3) is 3.55. The number of carbonyl (C=O) groups excluding carboxylic acids is 1. The Morgan fingerprint density at radius 3 is 2.52 bits per heavy atom. The number of aromatic nitrogens is 2. The number of amides is 1. The summed E-state index contributed by atoms with van der Waals surface area (Å²) >= 11 is 1.61. The van der Waals surface area contributed by atoms with Gasteiger partial charge in [-0.15, -0.1) is 11.3 Å². The van der Waals surface area contributed by atoms with E-state index in [4.69, 9.17) is 0 Å². The molecule has 1 N–H and O–H groups in total. The van der Waals surface area contributed by atoms with Crippen LogP contribution in [0.2, 0.25) is 0 Å². The van der Waals surface area contributed by atoms with E-state index in [1.807, 2.05) is 79.9 Å². The number of nitrogens with one attached hydrogen (secondary N) is 1. The van der Waals surface area contributed by atoms with Gasteiger partial charge >= 0.3 is 0 Å². The third-order valence-corrected chi connectivity index (χ3v) is 5.24. The quantitative estimate of drug-likeness (QED) is 0.515.